The average Bonchev–Trinajstić information content (AvgIpc) is 2.79. The quantitative estimate of drug-likeness (QED) is 0.679. The van der Waals surface area contributed by atoms with Crippen LogP contribution < -0.4 is 0 Å². The number of unbranched alkanes of at least 4 members (excludes halogenated alkanes) is 2. The van der Waals surface area contributed by atoms with Crippen LogP contribution in [0.15, 0.2) is 34.3 Å². The van der Waals surface area contributed by atoms with Crippen molar-refractivity contribution in [1.82, 2.24) is 0 Å². The lowest BCUT2D eigenvalue weighted by Crippen LogP contribution is -1.99. The molecule has 1 aromatic carbocycles. The number of fused-ring (bicyclic) bond motifs is 1. The first-order valence-electron chi connectivity index (χ1n) is 7.53. The van der Waals surface area contributed by atoms with E-state index in [0.29, 0.717) is 0 Å². The van der Waals surface area contributed by atoms with Crippen LogP contribution in [0.3, 0.4) is 0 Å². The van der Waals surface area contributed by atoms with Gasteiger partial charge in [0.1, 0.15) is 0 Å². The fourth-order valence-corrected chi connectivity index (χ4v) is 2.36. The Labute approximate surface area is 116 Å². The van der Waals surface area contributed by atoms with Crippen molar-refractivity contribution in [1.29, 1.82) is 0 Å². The first-order chi connectivity index (χ1) is 9.36. The monoisotopic (exact) mass is 256 g/mol. The highest BCUT2D eigenvalue weighted by atomic mass is 14.8. The van der Waals surface area contributed by atoms with E-state index in [1.165, 1.54) is 48.2 Å². The molecule has 0 fully saturated rings. The van der Waals surface area contributed by atoms with E-state index in [-0.39, 0.29) is 0 Å². The maximum Gasteiger partial charge on any atom is 0.0486 e. The van der Waals surface area contributed by atoms with E-state index >= 15 is 0 Å². The van der Waals surface area contributed by atoms with Crippen molar-refractivity contribution in [3.8, 4) is 0 Å². The number of aliphatic imine (C=N–C) groups is 2. The van der Waals surface area contributed by atoms with E-state index in [1.807, 2.05) is 0 Å². The third kappa shape index (κ3) is 3.52. The summed E-state index contributed by atoms with van der Waals surface area (Å²) in [6.45, 7) is 6.31. The molecule has 0 saturated heterocycles. The molecule has 0 N–H and O–H groups in total. The molecule has 0 atom stereocenters. The molecule has 1 aliphatic rings. The van der Waals surface area contributed by atoms with Crippen molar-refractivity contribution in [2.75, 3.05) is 13.1 Å². The molecule has 0 heterocycles. The van der Waals surface area contributed by atoms with Crippen molar-refractivity contribution in [3.05, 3.63) is 35.4 Å². The minimum Gasteiger partial charge on any atom is -0.289 e. The summed E-state index contributed by atoms with van der Waals surface area (Å²) in [5, 5.41) is 0. The summed E-state index contributed by atoms with van der Waals surface area (Å²) in [6, 6.07) is 8.57. The van der Waals surface area contributed by atoms with Gasteiger partial charge in [0, 0.05) is 42.1 Å². The molecule has 0 aromatic heterocycles. The Morgan fingerprint density at radius 1 is 0.842 bits per heavy atom. The van der Waals surface area contributed by atoms with Gasteiger partial charge in [-0.05, 0) is 12.8 Å². The largest absolute Gasteiger partial charge is 0.289 e. The van der Waals surface area contributed by atoms with Crippen LogP contribution in [0.5, 0.6) is 0 Å². The molecule has 102 valence electrons. The molecule has 1 aliphatic carbocycles. The van der Waals surface area contributed by atoms with Crippen LogP contribution >= 0.6 is 0 Å². The second-order valence-corrected chi connectivity index (χ2v) is 5.09. The molecule has 0 saturated carbocycles. The van der Waals surface area contributed by atoms with E-state index in [4.69, 9.17) is 9.98 Å². The summed E-state index contributed by atoms with van der Waals surface area (Å²) in [7, 11) is 0. The number of hydrogen-bond acceptors (Lipinski definition) is 2. The van der Waals surface area contributed by atoms with Crippen molar-refractivity contribution < 1.29 is 0 Å². The van der Waals surface area contributed by atoms with Gasteiger partial charge in [0.05, 0.1) is 0 Å². The van der Waals surface area contributed by atoms with Gasteiger partial charge in [-0.1, -0.05) is 51.0 Å². The number of nitrogens with zero attached hydrogens (tertiary/aromatic N) is 2. The molecule has 19 heavy (non-hydrogen) atoms. The standard InChI is InChI=1S/C17H24N2/c1-3-5-11-18-16-13-17(19-12-6-4-2)15-10-8-7-9-14(15)16/h7-10H,3-6,11-13H2,1-2H3. The van der Waals surface area contributed by atoms with E-state index in [2.05, 4.69) is 38.1 Å². The number of rotatable bonds is 6. The first kappa shape index (κ1) is 14.0. The molecule has 0 aliphatic heterocycles. The summed E-state index contributed by atoms with van der Waals surface area (Å²) < 4.78 is 0. The highest BCUT2D eigenvalue weighted by molar-refractivity contribution is 6.28. The topological polar surface area (TPSA) is 24.7 Å². The van der Waals surface area contributed by atoms with E-state index in [9.17, 15) is 0 Å². The predicted molar refractivity (Wildman–Crippen MR) is 83.7 cm³/mol. The predicted octanol–water partition coefficient (Wildman–Crippen LogP) is 4.27. The molecule has 0 amide bonds. The van der Waals surface area contributed by atoms with Crippen LogP contribution in [0.2, 0.25) is 0 Å². The van der Waals surface area contributed by atoms with Crippen LogP contribution in [0.25, 0.3) is 0 Å². The van der Waals surface area contributed by atoms with Gasteiger partial charge in [-0.25, -0.2) is 0 Å². The molecule has 2 rings (SSSR count). The maximum absolute atomic E-state index is 4.77. The van der Waals surface area contributed by atoms with Gasteiger partial charge in [-0.3, -0.25) is 9.98 Å². The van der Waals surface area contributed by atoms with Crippen molar-refractivity contribution in [2.45, 2.75) is 46.0 Å². The molecule has 0 bridgehead atoms. The third-order valence-electron chi connectivity index (χ3n) is 3.51. The zero-order valence-corrected chi connectivity index (χ0v) is 12.2. The van der Waals surface area contributed by atoms with Crippen molar-refractivity contribution in [3.63, 3.8) is 0 Å². The average molecular weight is 256 g/mol. The lowest BCUT2D eigenvalue weighted by Gasteiger charge is -1.99. The van der Waals surface area contributed by atoms with Crippen molar-refractivity contribution in [2.24, 2.45) is 9.98 Å². The zero-order chi connectivity index (χ0) is 13.5. The van der Waals surface area contributed by atoms with E-state index in [0.717, 1.165) is 19.5 Å². The van der Waals surface area contributed by atoms with Gasteiger partial charge in [0.2, 0.25) is 0 Å². The Balaban J connectivity index is 2.18. The van der Waals surface area contributed by atoms with E-state index in [1.54, 1.807) is 0 Å². The Morgan fingerprint density at radius 2 is 1.32 bits per heavy atom. The van der Waals surface area contributed by atoms with Crippen LogP contribution in [-0.4, -0.2) is 24.5 Å². The summed E-state index contributed by atoms with van der Waals surface area (Å²) in [5.74, 6) is 0. The van der Waals surface area contributed by atoms with Crippen LogP contribution in [0.1, 0.15) is 57.1 Å². The SMILES string of the molecule is CCCCN=C1CC(=NCCCC)c2ccccc21. The number of benzene rings is 1. The van der Waals surface area contributed by atoms with Gasteiger partial charge in [0.15, 0.2) is 0 Å². The maximum atomic E-state index is 4.77. The molecule has 0 radical (unpaired) electrons. The molecular weight excluding hydrogens is 232 g/mol. The summed E-state index contributed by atoms with van der Waals surface area (Å²) in [4.78, 5) is 9.54. The van der Waals surface area contributed by atoms with Crippen LogP contribution in [-0.2, 0) is 0 Å². The lowest BCUT2D eigenvalue weighted by molar-refractivity contribution is 0.805. The molecule has 0 unspecified atom stereocenters. The smallest absolute Gasteiger partial charge is 0.0486 e. The number of hydrogen-bond donors (Lipinski definition) is 0. The van der Waals surface area contributed by atoms with Gasteiger partial charge in [0.25, 0.3) is 0 Å². The zero-order valence-electron chi connectivity index (χ0n) is 12.2. The molecule has 2 heteroatoms. The molecule has 1 aromatic rings. The Bertz CT molecular complexity index is 429. The van der Waals surface area contributed by atoms with Crippen LogP contribution in [0.4, 0.5) is 0 Å². The van der Waals surface area contributed by atoms with Crippen LogP contribution in [0, 0.1) is 0 Å². The summed E-state index contributed by atoms with van der Waals surface area (Å²) in [6.07, 6.45) is 5.68. The Hall–Kier alpha value is -1.44. The minimum absolute atomic E-state index is 0.923. The van der Waals surface area contributed by atoms with E-state index < -0.39 is 0 Å². The normalized spacial score (nSPS) is 18.2. The third-order valence-corrected chi connectivity index (χ3v) is 3.51. The lowest BCUT2D eigenvalue weighted by atomic mass is 10.1. The highest BCUT2D eigenvalue weighted by Gasteiger charge is 2.22. The molecule has 0 spiro atoms. The highest BCUT2D eigenvalue weighted by Crippen LogP contribution is 2.23. The van der Waals surface area contributed by atoms with Gasteiger partial charge in [-0.15, -0.1) is 0 Å². The van der Waals surface area contributed by atoms with Crippen molar-refractivity contribution >= 4 is 11.4 Å². The molecular formula is C17H24N2. The van der Waals surface area contributed by atoms with Gasteiger partial charge >= 0.3 is 0 Å². The summed E-state index contributed by atoms with van der Waals surface area (Å²) >= 11 is 0. The fourth-order valence-electron chi connectivity index (χ4n) is 2.36. The second-order valence-electron chi connectivity index (χ2n) is 5.09. The Kier molecular flexibility index (Phi) is 5.31. The fraction of sp³-hybridized carbons (Fsp3) is 0.529. The molecule has 2 nitrogen and oxygen atoms in total. The van der Waals surface area contributed by atoms with Gasteiger partial charge < -0.3 is 0 Å². The second kappa shape index (κ2) is 7.22. The van der Waals surface area contributed by atoms with Gasteiger partial charge in [-0.2, -0.15) is 0 Å². The minimum atomic E-state index is 0.923. The Morgan fingerprint density at radius 3 is 1.74 bits per heavy atom. The summed E-state index contributed by atoms with van der Waals surface area (Å²) in [5.41, 5.74) is 5.07. The first-order valence-corrected chi connectivity index (χ1v) is 7.53.